The minimum atomic E-state index is -3.93. The highest BCUT2D eigenvalue weighted by Crippen LogP contribution is 2.26. The van der Waals surface area contributed by atoms with Crippen molar-refractivity contribution in [3.05, 3.63) is 35.3 Å². The van der Waals surface area contributed by atoms with E-state index in [1.165, 1.54) is 6.07 Å². The second-order valence-corrected chi connectivity index (χ2v) is 8.16. The number of anilines is 1. The number of halogens is 3. The third-order valence-corrected chi connectivity index (χ3v) is 4.81. The van der Waals surface area contributed by atoms with E-state index < -0.39 is 39.5 Å². The van der Waals surface area contributed by atoms with Crippen LogP contribution in [-0.4, -0.2) is 48.5 Å². The molecule has 0 fully saturated rings. The van der Waals surface area contributed by atoms with Gasteiger partial charge in [-0.3, -0.25) is 10.2 Å². The summed E-state index contributed by atoms with van der Waals surface area (Å²) >= 11 is 1.04. The molecule has 0 radical (unpaired) electrons. The average molecular weight is 452 g/mol. The van der Waals surface area contributed by atoms with Crippen molar-refractivity contribution in [2.45, 2.75) is 11.5 Å². The highest BCUT2D eigenvalue weighted by atomic mass is 32.2. The number of carbonyl (C=O) groups excluding carboxylic acids is 1. The number of nitrogens with one attached hydrogen (secondary N) is 3. The average Bonchev–Trinajstić information content (AvgIpc) is 3.07. The number of hydrogen-bond acceptors (Lipinski definition) is 8. The van der Waals surface area contributed by atoms with Gasteiger partial charge in [-0.25, -0.2) is 31.4 Å². The minimum Gasteiger partial charge on any atom is -0.354 e. The summed E-state index contributed by atoms with van der Waals surface area (Å²) in [4.78, 5) is 11.3. The monoisotopic (exact) mass is 452 g/mol. The Morgan fingerprint density at radius 1 is 1.34 bits per heavy atom. The molecule has 1 heterocycles. The van der Waals surface area contributed by atoms with Crippen molar-refractivity contribution in [2.75, 3.05) is 23.4 Å². The van der Waals surface area contributed by atoms with E-state index in [4.69, 9.17) is 10.5 Å². The van der Waals surface area contributed by atoms with Gasteiger partial charge >= 0.3 is 0 Å². The molecular weight excluding hydrogens is 437 g/mol. The van der Waals surface area contributed by atoms with Crippen molar-refractivity contribution in [2.24, 2.45) is 5.14 Å². The lowest BCUT2D eigenvalue weighted by Gasteiger charge is -2.09. The van der Waals surface area contributed by atoms with E-state index in [2.05, 4.69) is 25.6 Å². The number of amidine groups is 1. The molecule has 158 valence electrons. The largest absolute Gasteiger partial charge is 0.354 e. The Hall–Kier alpha value is -2.65. The fraction of sp³-hybridized carbons (Fsp3) is 0.286. The molecule has 1 aromatic heterocycles. The Labute approximate surface area is 166 Å². The second kappa shape index (κ2) is 9.71. The van der Waals surface area contributed by atoms with Gasteiger partial charge in [-0.05, 0) is 28.5 Å². The van der Waals surface area contributed by atoms with Gasteiger partial charge in [0, 0.05) is 18.0 Å². The number of rotatable bonds is 9. The van der Waals surface area contributed by atoms with E-state index in [0.29, 0.717) is 0 Å². The van der Waals surface area contributed by atoms with Crippen molar-refractivity contribution < 1.29 is 31.0 Å². The minimum absolute atomic E-state index is 0.0335. The van der Waals surface area contributed by atoms with Crippen LogP contribution in [-0.2, 0) is 14.8 Å². The zero-order valence-corrected chi connectivity index (χ0v) is 16.1. The van der Waals surface area contributed by atoms with Crippen LogP contribution in [0.15, 0.2) is 27.9 Å². The van der Waals surface area contributed by atoms with Gasteiger partial charge in [0.2, 0.25) is 15.9 Å². The summed E-state index contributed by atoms with van der Waals surface area (Å²) in [6.07, 6.45) is -3.02. The summed E-state index contributed by atoms with van der Waals surface area (Å²) in [5.41, 5.74) is -0.805. The smallest absolute Gasteiger partial charge is 0.266 e. The van der Waals surface area contributed by atoms with Crippen molar-refractivity contribution in [3.8, 4) is 0 Å². The third kappa shape index (κ3) is 7.03. The number of benzene rings is 1. The summed E-state index contributed by atoms with van der Waals surface area (Å²) < 4.78 is 65.0. The summed E-state index contributed by atoms with van der Waals surface area (Å²) in [6, 6.07) is 2.89. The van der Waals surface area contributed by atoms with Crippen LogP contribution < -0.4 is 15.8 Å². The summed E-state index contributed by atoms with van der Waals surface area (Å²) in [5.74, 6) is -2.79. The van der Waals surface area contributed by atoms with Gasteiger partial charge in [-0.2, -0.15) is 0 Å². The van der Waals surface area contributed by atoms with Crippen LogP contribution in [0.5, 0.6) is 0 Å². The molecule has 1 amide bonds. The fourth-order valence-corrected chi connectivity index (χ4v) is 3.22. The van der Waals surface area contributed by atoms with Crippen LogP contribution in [0.2, 0.25) is 0 Å². The van der Waals surface area contributed by atoms with Crippen LogP contribution in [0.1, 0.15) is 17.7 Å². The molecule has 0 aliphatic carbocycles. The van der Waals surface area contributed by atoms with Crippen LogP contribution >= 0.6 is 11.8 Å². The van der Waals surface area contributed by atoms with E-state index in [1.54, 1.807) is 0 Å². The molecule has 0 spiro atoms. The highest BCUT2D eigenvalue weighted by Gasteiger charge is 2.18. The number of aromatic nitrogens is 2. The third-order valence-electron chi connectivity index (χ3n) is 3.19. The maximum absolute atomic E-state index is 13.3. The van der Waals surface area contributed by atoms with Crippen molar-refractivity contribution in [1.82, 2.24) is 15.6 Å². The van der Waals surface area contributed by atoms with E-state index in [9.17, 15) is 26.4 Å². The van der Waals surface area contributed by atoms with Gasteiger partial charge in [0.05, 0.1) is 5.56 Å². The molecule has 0 aliphatic heterocycles. The predicted octanol–water partition coefficient (Wildman–Crippen LogP) is 1.08. The lowest BCUT2D eigenvalue weighted by Crippen LogP contribution is -2.34. The van der Waals surface area contributed by atoms with Gasteiger partial charge in [0.15, 0.2) is 16.6 Å². The second-order valence-electron chi connectivity index (χ2n) is 5.46. The molecule has 0 bridgehead atoms. The number of amides is 1. The molecule has 0 aliphatic rings. The SMILES string of the molecule is N=C(Nc1ccc(F)c(C(F)F)c1)c1nonc1SCCNC(=O)CS(N)(=O)=O. The fourth-order valence-electron chi connectivity index (χ4n) is 1.99. The molecule has 10 nitrogen and oxygen atoms in total. The zero-order chi connectivity index (χ0) is 21.6. The molecule has 0 saturated heterocycles. The number of hydrogen-bond donors (Lipinski definition) is 4. The molecule has 2 rings (SSSR count). The molecule has 1 aromatic carbocycles. The summed E-state index contributed by atoms with van der Waals surface area (Å²) in [5, 5.41) is 24.9. The number of nitrogens with two attached hydrogens (primary N) is 1. The van der Waals surface area contributed by atoms with Gasteiger partial charge in [-0.15, -0.1) is 0 Å². The predicted molar refractivity (Wildman–Crippen MR) is 97.8 cm³/mol. The summed E-state index contributed by atoms with van der Waals surface area (Å²) in [7, 11) is -3.93. The Morgan fingerprint density at radius 2 is 2.07 bits per heavy atom. The molecule has 0 atom stereocenters. The molecule has 15 heteroatoms. The first-order valence-corrected chi connectivity index (χ1v) is 10.4. The molecule has 29 heavy (non-hydrogen) atoms. The first-order chi connectivity index (χ1) is 13.6. The number of sulfonamides is 1. The lowest BCUT2D eigenvalue weighted by molar-refractivity contribution is -0.118. The van der Waals surface area contributed by atoms with E-state index in [-0.39, 0.29) is 34.5 Å². The van der Waals surface area contributed by atoms with Gasteiger partial charge in [0.25, 0.3) is 6.43 Å². The standard InChI is InChI=1S/C14H15F3N6O4S2/c15-9-2-1-7(5-8(9)12(16)17)21-13(18)11-14(23-27-22-11)28-4-3-20-10(24)6-29(19,25)26/h1-2,5,12H,3-4,6H2,(H2,18,21)(H,20,24)(H2,19,25,26). The topological polar surface area (TPSA) is 164 Å². The Balaban J connectivity index is 1.93. The highest BCUT2D eigenvalue weighted by molar-refractivity contribution is 7.99. The first-order valence-electron chi connectivity index (χ1n) is 7.73. The van der Waals surface area contributed by atoms with E-state index >= 15 is 0 Å². The van der Waals surface area contributed by atoms with Crippen molar-refractivity contribution in [3.63, 3.8) is 0 Å². The van der Waals surface area contributed by atoms with Crippen LogP contribution in [0, 0.1) is 11.2 Å². The molecule has 0 saturated carbocycles. The van der Waals surface area contributed by atoms with Crippen LogP contribution in [0.3, 0.4) is 0 Å². The number of primary sulfonamides is 1. The Morgan fingerprint density at radius 3 is 2.72 bits per heavy atom. The normalized spacial score (nSPS) is 11.5. The number of nitrogens with zero attached hydrogens (tertiary/aromatic N) is 2. The van der Waals surface area contributed by atoms with Gasteiger partial charge in [-0.1, -0.05) is 11.8 Å². The van der Waals surface area contributed by atoms with Crippen molar-refractivity contribution in [1.29, 1.82) is 5.41 Å². The van der Waals surface area contributed by atoms with E-state index in [0.717, 1.165) is 23.9 Å². The van der Waals surface area contributed by atoms with Crippen LogP contribution in [0.25, 0.3) is 0 Å². The maximum Gasteiger partial charge on any atom is 0.266 e. The molecule has 2 aromatic rings. The van der Waals surface area contributed by atoms with Crippen LogP contribution in [0.4, 0.5) is 18.9 Å². The zero-order valence-electron chi connectivity index (χ0n) is 14.5. The summed E-state index contributed by atoms with van der Waals surface area (Å²) in [6.45, 7) is 0.0712. The number of carbonyl (C=O) groups is 1. The van der Waals surface area contributed by atoms with E-state index in [1.807, 2.05) is 0 Å². The Bertz CT molecular complexity index is 999. The molecule has 0 unspecified atom stereocenters. The molecular formula is C14H15F3N6O4S2. The van der Waals surface area contributed by atoms with Gasteiger partial charge in [0.1, 0.15) is 11.6 Å². The Kier molecular flexibility index (Phi) is 7.58. The maximum atomic E-state index is 13.3. The lowest BCUT2D eigenvalue weighted by atomic mass is 10.2. The number of alkyl halides is 2. The van der Waals surface area contributed by atoms with Crippen molar-refractivity contribution >= 4 is 39.2 Å². The van der Waals surface area contributed by atoms with Gasteiger partial charge < -0.3 is 10.6 Å². The quantitative estimate of drug-likeness (QED) is 0.190. The molecule has 5 N–H and O–H groups in total. The number of thioether (sulfide) groups is 1. The first kappa shape index (κ1) is 22.6.